The van der Waals surface area contributed by atoms with Crippen molar-refractivity contribution in [3.63, 3.8) is 0 Å². The van der Waals surface area contributed by atoms with Crippen LogP contribution in [-0.2, 0) is 4.79 Å². The number of aliphatic carboxylic acids is 1. The van der Waals surface area contributed by atoms with Gasteiger partial charge in [-0.25, -0.2) is 0 Å². The molecule has 0 saturated heterocycles. The SMILES string of the molecule is CCN(C)CC(O)C[C@H](N)C(=O)O. The summed E-state index contributed by atoms with van der Waals surface area (Å²) in [7, 11) is 1.86. The third-order valence-corrected chi connectivity index (χ3v) is 1.91. The molecule has 0 amide bonds. The van der Waals surface area contributed by atoms with E-state index in [4.69, 9.17) is 10.8 Å². The molecule has 0 aromatic heterocycles. The van der Waals surface area contributed by atoms with Crippen LogP contribution in [-0.4, -0.2) is 53.4 Å². The highest BCUT2D eigenvalue weighted by Gasteiger charge is 2.17. The van der Waals surface area contributed by atoms with Gasteiger partial charge in [-0.3, -0.25) is 4.79 Å². The van der Waals surface area contributed by atoms with E-state index in [-0.39, 0.29) is 6.42 Å². The van der Waals surface area contributed by atoms with Gasteiger partial charge in [0.05, 0.1) is 6.10 Å². The van der Waals surface area contributed by atoms with E-state index >= 15 is 0 Å². The third kappa shape index (κ3) is 5.57. The Balaban J connectivity index is 3.73. The summed E-state index contributed by atoms with van der Waals surface area (Å²) >= 11 is 0. The van der Waals surface area contributed by atoms with Crippen molar-refractivity contribution < 1.29 is 15.0 Å². The van der Waals surface area contributed by atoms with E-state index in [1.807, 2.05) is 18.9 Å². The van der Waals surface area contributed by atoms with Crippen molar-refractivity contribution in [2.75, 3.05) is 20.1 Å². The van der Waals surface area contributed by atoms with Gasteiger partial charge in [-0.05, 0) is 13.6 Å². The van der Waals surface area contributed by atoms with Crippen LogP contribution in [0.5, 0.6) is 0 Å². The van der Waals surface area contributed by atoms with Gasteiger partial charge >= 0.3 is 5.97 Å². The van der Waals surface area contributed by atoms with E-state index < -0.39 is 18.1 Å². The Morgan fingerprint density at radius 1 is 1.62 bits per heavy atom. The predicted molar refractivity (Wildman–Crippen MR) is 49.4 cm³/mol. The summed E-state index contributed by atoms with van der Waals surface area (Å²) in [5.41, 5.74) is 5.26. The first-order valence-electron chi connectivity index (χ1n) is 4.32. The second-order valence-electron chi connectivity index (χ2n) is 3.19. The number of nitrogens with zero attached hydrogens (tertiary/aromatic N) is 1. The zero-order valence-corrected chi connectivity index (χ0v) is 8.10. The highest BCUT2D eigenvalue weighted by atomic mass is 16.4. The molecule has 78 valence electrons. The highest BCUT2D eigenvalue weighted by Crippen LogP contribution is 1.98. The third-order valence-electron chi connectivity index (χ3n) is 1.91. The molecule has 0 rings (SSSR count). The zero-order valence-electron chi connectivity index (χ0n) is 8.10. The molecule has 0 aliphatic rings. The van der Waals surface area contributed by atoms with Crippen LogP contribution in [0, 0.1) is 0 Å². The highest BCUT2D eigenvalue weighted by molar-refractivity contribution is 5.73. The molecule has 2 atom stereocenters. The fourth-order valence-corrected chi connectivity index (χ4v) is 0.957. The minimum absolute atomic E-state index is 0.0969. The van der Waals surface area contributed by atoms with Gasteiger partial charge < -0.3 is 20.8 Å². The van der Waals surface area contributed by atoms with Gasteiger partial charge in [0.15, 0.2) is 0 Å². The summed E-state index contributed by atoms with van der Waals surface area (Å²) in [4.78, 5) is 12.2. The molecule has 5 nitrogen and oxygen atoms in total. The monoisotopic (exact) mass is 190 g/mol. The number of aliphatic hydroxyl groups excluding tert-OH is 1. The molecule has 4 N–H and O–H groups in total. The van der Waals surface area contributed by atoms with Crippen molar-refractivity contribution in [1.82, 2.24) is 4.90 Å². The topological polar surface area (TPSA) is 86.8 Å². The molecule has 0 fully saturated rings. The molecule has 0 radical (unpaired) electrons. The van der Waals surface area contributed by atoms with Gasteiger partial charge in [-0.15, -0.1) is 0 Å². The Kier molecular flexibility index (Phi) is 5.61. The Hall–Kier alpha value is -0.650. The number of nitrogens with two attached hydrogens (primary N) is 1. The number of carboxylic acid groups (broad SMARTS) is 1. The summed E-state index contributed by atoms with van der Waals surface area (Å²) in [5, 5.41) is 17.9. The second kappa shape index (κ2) is 5.90. The van der Waals surface area contributed by atoms with Crippen LogP contribution < -0.4 is 5.73 Å². The molecule has 0 spiro atoms. The lowest BCUT2D eigenvalue weighted by Crippen LogP contribution is -2.38. The van der Waals surface area contributed by atoms with Gasteiger partial charge in [0.2, 0.25) is 0 Å². The van der Waals surface area contributed by atoms with Crippen LogP contribution in [0.15, 0.2) is 0 Å². The van der Waals surface area contributed by atoms with Gasteiger partial charge in [0, 0.05) is 13.0 Å². The fourth-order valence-electron chi connectivity index (χ4n) is 0.957. The van der Waals surface area contributed by atoms with Gasteiger partial charge in [-0.2, -0.15) is 0 Å². The average molecular weight is 190 g/mol. The Bertz CT molecular complexity index is 163. The molecule has 0 saturated carbocycles. The number of hydrogen-bond donors (Lipinski definition) is 3. The number of hydrogen-bond acceptors (Lipinski definition) is 4. The van der Waals surface area contributed by atoms with E-state index in [1.165, 1.54) is 0 Å². The number of carbonyl (C=O) groups is 1. The lowest BCUT2D eigenvalue weighted by Gasteiger charge is -2.19. The first-order chi connectivity index (χ1) is 5.97. The average Bonchev–Trinajstić information content (AvgIpc) is 2.03. The zero-order chi connectivity index (χ0) is 10.4. The summed E-state index contributed by atoms with van der Waals surface area (Å²) in [6.45, 7) is 3.24. The summed E-state index contributed by atoms with van der Waals surface area (Å²) in [6, 6.07) is -0.972. The van der Waals surface area contributed by atoms with Crippen molar-refractivity contribution in [2.45, 2.75) is 25.5 Å². The Labute approximate surface area is 78.1 Å². The molecule has 0 aliphatic carbocycles. The summed E-state index contributed by atoms with van der Waals surface area (Å²) < 4.78 is 0. The maximum atomic E-state index is 10.3. The van der Waals surface area contributed by atoms with E-state index in [2.05, 4.69) is 0 Å². The van der Waals surface area contributed by atoms with Gasteiger partial charge in [0.25, 0.3) is 0 Å². The van der Waals surface area contributed by atoms with Crippen molar-refractivity contribution in [3.8, 4) is 0 Å². The molecule has 0 bridgehead atoms. The summed E-state index contributed by atoms with van der Waals surface area (Å²) in [6.07, 6.45) is -0.573. The van der Waals surface area contributed by atoms with Crippen LogP contribution in [0.4, 0.5) is 0 Å². The molecule has 1 unspecified atom stereocenters. The molecule has 13 heavy (non-hydrogen) atoms. The maximum absolute atomic E-state index is 10.3. The minimum atomic E-state index is -1.07. The van der Waals surface area contributed by atoms with E-state index in [0.717, 1.165) is 6.54 Å². The van der Waals surface area contributed by atoms with Crippen molar-refractivity contribution in [2.24, 2.45) is 5.73 Å². The van der Waals surface area contributed by atoms with Crippen LogP contribution in [0.2, 0.25) is 0 Å². The molecular weight excluding hydrogens is 172 g/mol. The first kappa shape index (κ1) is 12.3. The van der Waals surface area contributed by atoms with Gasteiger partial charge in [0.1, 0.15) is 6.04 Å². The standard InChI is InChI=1S/C8H18N2O3/c1-3-10(2)5-6(11)4-7(9)8(12)13/h6-7,11H,3-5,9H2,1-2H3,(H,12,13)/t6?,7-/m0/s1. The van der Waals surface area contributed by atoms with E-state index in [0.29, 0.717) is 6.54 Å². The second-order valence-corrected chi connectivity index (χ2v) is 3.19. The molecule has 5 heteroatoms. The Morgan fingerprint density at radius 3 is 2.54 bits per heavy atom. The maximum Gasteiger partial charge on any atom is 0.320 e. The first-order valence-corrected chi connectivity index (χ1v) is 4.32. The number of rotatable bonds is 6. The molecule has 0 heterocycles. The van der Waals surface area contributed by atoms with E-state index in [9.17, 15) is 9.90 Å². The molecule has 0 aliphatic heterocycles. The smallest absolute Gasteiger partial charge is 0.320 e. The fraction of sp³-hybridized carbons (Fsp3) is 0.875. The Morgan fingerprint density at radius 2 is 2.15 bits per heavy atom. The van der Waals surface area contributed by atoms with Crippen LogP contribution >= 0.6 is 0 Å². The lowest BCUT2D eigenvalue weighted by molar-refractivity contribution is -0.139. The number of likely N-dealkylation sites (N-methyl/N-ethyl adjacent to an activating group) is 1. The summed E-state index contributed by atoms with van der Waals surface area (Å²) in [5.74, 6) is -1.07. The van der Waals surface area contributed by atoms with Crippen LogP contribution in [0.1, 0.15) is 13.3 Å². The number of carboxylic acids is 1. The molecular formula is C8H18N2O3. The molecule has 0 aromatic carbocycles. The quantitative estimate of drug-likeness (QED) is 0.505. The van der Waals surface area contributed by atoms with E-state index in [1.54, 1.807) is 0 Å². The normalized spacial score (nSPS) is 15.8. The van der Waals surface area contributed by atoms with Crippen molar-refractivity contribution in [1.29, 1.82) is 0 Å². The van der Waals surface area contributed by atoms with Crippen molar-refractivity contribution >= 4 is 5.97 Å². The largest absolute Gasteiger partial charge is 0.480 e. The van der Waals surface area contributed by atoms with Crippen LogP contribution in [0.25, 0.3) is 0 Å². The van der Waals surface area contributed by atoms with Crippen molar-refractivity contribution in [3.05, 3.63) is 0 Å². The minimum Gasteiger partial charge on any atom is -0.480 e. The predicted octanol–water partition coefficient (Wildman–Crippen LogP) is -0.899. The molecule has 0 aromatic rings. The van der Waals surface area contributed by atoms with Crippen LogP contribution in [0.3, 0.4) is 0 Å². The van der Waals surface area contributed by atoms with Gasteiger partial charge in [-0.1, -0.05) is 6.92 Å². The number of aliphatic hydroxyl groups is 1. The lowest BCUT2D eigenvalue weighted by atomic mass is 10.1.